The van der Waals surface area contributed by atoms with Gasteiger partial charge in [-0.15, -0.1) is 0 Å². The van der Waals surface area contributed by atoms with Crippen LogP contribution in [0.25, 0.3) is 0 Å². The SMILES string of the molecule is [2H][B][CH]COC. The van der Waals surface area contributed by atoms with E-state index in [2.05, 4.69) is 4.74 Å². The van der Waals surface area contributed by atoms with Crippen molar-refractivity contribution in [2.45, 2.75) is 0 Å². The number of rotatable bonds is 3. The Kier molecular flexibility index (Phi) is 2.60. The molecule has 0 amide bonds. The van der Waals surface area contributed by atoms with Gasteiger partial charge in [-0.2, -0.15) is 0 Å². The monoisotopic (exact) mass is 71.1 g/mol. The molecule has 0 aromatic rings. The highest BCUT2D eigenvalue weighted by molar-refractivity contribution is 6.14. The highest BCUT2D eigenvalue weighted by Gasteiger charge is 1.67. The van der Waals surface area contributed by atoms with Crippen LogP contribution in [0.1, 0.15) is 0 Å². The topological polar surface area (TPSA) is 9.23 Å². The van der Waals surface area contributed by atoms with Gasteiger partial charge in [-0.3, -0.25) is 0 Å². The molecule has 0 aliphatic rings. The van der Waals surface area contributed by atoms with E-state index in [1.807, 2.05) is 0 Å². The summed E-state index contributed by atoms with van der Waals surface area (Å²) < 4.78 is 11.0. The predicted octanol–water partition coefficient (Wildman–Crippen LogP) is -0.305. The zero-order valence-electron chi connectivity index (χ0n) is 4.27. The largest absolute Gasteiger partial charge is 0.385 e. The molecule has 0 bridgehead atoms. The summed E-state index contributed by atoms with van der Waals surface area (Å²) in [5.74, 6) is 0. The van der Waals surface area contributed by atoms with Crippen LogP contribution >= 0.6 is 0 Å². The van der Waals surface area contributed by atoms with Gasteiger partial charge in [0.2, 0.25) is 0 Å². The summed E-state index contributed by atoms with van der Waals surface area (Å²) in [6.45, 7) is 0.545. The Morgan fingerprint density at radius 3 is 3.40 bits per heavy atom. The zero-order chi connectivity index (χ0) is 4.83. The lowest BCUT2D eigenvalue weighted by Gasteiger charge is -1.84. The van der Waals surface area contributed by atoms with E-state index in [1.54, 1.807) is 13.4 Å². The molecule has 0 rings (SSSR count). The molecule has 0 unspecified atom stereocenters. The summed E-state index contributed by atoms with van der Waals surface area (Å²) in [4.78, 5) is 0. The van der Waals surface area contributed by atoms with Crippen molar-refractivity contribution in [3.8, 4) is 0 Å². The first-order valence-corrected chi connectivity index (χ1v) is 1.44. The standard InChI is InChI=1S/C3H7BO/c1-5-3-2-4/h2,4H,3H2,1H3/i4D. The van der Waals surface area contributed by atoms with Crippen LogP contribution < -0.4 is 0 Å². The van der Waals surface area contributed by atoms with Crippen molar-refractivity contribution in [1.29, 1.82) is 1.34 Å². The first-order chi connectivity index (χ1) is 2.91. The highest BCUT2D eigenvalue weighted by Crippen LogP contribution is 1.63. The van der Waals surface area contributed by atoms with E-state index in [0.29, 0.717) is 6.61 Å². The highest BCUT2D eigenvalue weighted by atomic mass is 16.5. The van der Waals surface area contributed by atoms with Crippen molar-refractivity contribution in [2.75, 3.05) is 13.7 Å². The molecule has 0 aromatic carbocycles. The zero-order valence-corrected chi connectivity index (χ0v) is 3.27. The van der Waals surface area contributed by atoms with Crippen molar-refractivity contribution in [2.24, 2.45) is 0 Å². The van der Waals surface area contributed by atoms with Crippen LogP contribution in [0, 0.1) is 6.32 Å². The molecule has 0 fully saturated rings. The normalized spacial score (nSPS) is 10.2. The maximum Gasteiger partial charge on any atom is 0.0934 e. The molecular formula is C3H7BO. The predicted molar refractivity (Wildman–Crippen MR) is 23.3 cm³/mol. The Morgan fingerprint density at radius 1 is 2.40 bits per heavy atom. The maximum absolute atomic E-state index is 6.45. The minimum Gasteiger partial charge on any atom is -0.385 e. The second-order valence-corrected chi connectivity index (χ2v) is 0.691. The molecule has 0 aliphatic carbocycles. The Morgan fingerprint density at radius 2 is 3.20 bits per heavy atom. The van der Waals surface area contributed by atoms with Gasteiger partial charge in [0.05, 0.1) is 7.81 Å². The first-order valence-electron chi connectivity index (χ1n) is 2.02. The van der Waals surface area contributed by atoms with E-state index in [4.69, 9.17) is 1.34 Å². The van der Waals surface area contributed by atoms with E-state index in [1.165, 1.54) is 7.81 Å². The Hall–Kier alpha value is 0.0249. The molecule has 2 radical (unpaired) electrons. The van der Waals surface area contributed by atoms with Gasteiger partial charge in [0.1, 0.15) is 0 Å². The van der Waals surface area contributed by atoms with Gasteiger partial charge in [-0.25, -0.2) is 0 Å². The summed E-state index contributed by atoms with van der Waals surface area (Å²) >= 11 is 0. The maximum atomic E-state index is 6.45. The lowest BCUT2D eigenvalue weighted by Crippen LogP contribution is -1.85. The van der Waals surface area contributed by atoms with Crippen LogP contribution in [0.5, 0.6) is 0 Å². The molecule has 5 heavy (non-hydrogen) atoms. The van der Waals surface area contributed by atoms with E-state index < -0.39 is 0 Å². The van der Waals surface area contributed by atoms with Crippen molar-refractivity contribution in [1.82, 2.24) is 0 Å². The smallest absolute Gasteiger partial charge is 0.0934 e. The molecular weight excluding hydrogens is 62.8 g/mol. The van der Waals surface area contributed by atoms with Gasteiger partial charge >= 0.3 is 0 Å². The van der Waals surface area contributed by atoms with Crippen LogP contribution in [-0.4, -0.2) is 22.9 Å². The molecule has 0 spiro atoms. The average molecular weight is 70.9 g/mol. The van der Waals surface area contributed by atoms with Crippen LogP contribution in [0.4, 0.5) is 0 Å². The summed E-state index contributed by atoms with van der Waals surface area (Å²) in [5, 5.41) is 0. The second-order valence-electron chi connectivity index (χ2n) is 0.691. The fraction of sp³-hybridized carbons (Fsp3) is 0.667. The number of hydrogen-bond donors (Lipinski definition) is 0. The Labute approximate surface area is 35.1 Å². The Balaban J connectivity index is 2.34. The lowest BCUT2D eigenvalue weighted by atomic mass is 10.1. The molecule has 0 aliphatic heterocycles. The molecule has 0 N–H and O–H groups in total. The summed E-state index contributed by atoms with van der Waals surface area (Å²) in [6.07, 6.45) is 1.62. The van der Waals surface area contributed by atoms with Crippen molar-refractivity contribution < 1.29 is 4.74 Å². The Bertz CT molecular complexity index is 22.8. The average Bonchev–Trinajstić information content (AvgIpc) is 1.61. The fourth-order valence-electron chi connectivity index (χ4n) is 0.0962. The van der Waals surface area contributed by atoms with Gasteiger partial charge in [0.15, 0.2) is 0 Å². The van der Waals surface area contributed by atoms with E-state index in [-0.39, 0.29) is 0 Å². The molecule has 0 atom stereocenters. The van der Waals surface area contributed by atoms with Gasteiger partial charge in [-0.05, 0) is 1.34 Å². The third-order valence-corrected chi connectivity index (χ3v) is 0.263. The van der Waals surface area contributed by atoms with E-state index in [0.717, 1.165) is 0 Å². The fourth-order valence-corrected chi connectivity index (χ4v) is 0.0962. The van der Waals surface area contributed by atoms with Gasteiger partial charge in [0.25, 0.3) is 0 Å². The van der Waals surface area contributed by atoms with Crippen molar-refractivity contribution in [3.05, 3.63) is 6.32 Å². The van der Waals surface area contributed by atoms with Gasteiger partial charge in [0, 0.05) is 13.7 Å². The summed E-state index contributed by atoms with van der Waals surface area (Å²) in [5.41, 5.74) is 0. The number of ether oxygens (including phenoxy) is 1. The molecule has 28 valence electrons. The minimum atomic E-state index is 0.545. The van der Waals surface area contributed by atoms with E-state index in [9.17, 15) is 0 Å². The van der Waals surface area contributed by atoms with Crippen molar-refractivity contribution >= 4 is 7.81 Å². The van der Waals surface area contributed by atoms with Gasteiger partial charge < -0.3 is 4.74 Å². The first kappa shape index (κ1) is 3.22. The van der Waals surface area contributed by atoms with Crippen molar-refractivity contribution in [3.63, 3.8) is 0 Å². The minimum absolute atomic E-state index is 0.545. The molecule has 1 nitrogen and oxygen atoms in total. The molecule has 0 saturated heterocycles. The quantitative estimate of drug-likeness (QED) is 0.327. The number of methoxy groups -OCH3 is 1. The second kappa shape index (κ2) is 4.02. The van der Waals surface area contributed by atoms with Crippen LogP contribution in [0.3, 0.4) is 0 Å². The molecule has 0 saturated carbocycles. The van der Waals surface area contributed by atoms with Crippen LogP contribution in [-0.2, 0) is 4.74 Å². The lowest BCUT2D eigenvalue weighted by molar-refractivity contribution is 0.229. The summed E-state index contributed by atoms with van der Waals surface area (Å²) in [7, 11) is 2.81. The summed E-state index contributed by atoms with van der Waals surface area (Å²) in [6, 6.07) is 0. The van der Waals surface area contributed by atoms with Gasteiger partial charge in [-0.1, -0.05) is 6.32 Å². The van der Waals surface area contributed by atoms with Crippen LogP contribution in [0.2, 0.25) is 0 Å². The molecule has 2 heteroatoms. The number of hydrogen-bond acceptors (Lipinski definition) is 1. The third-order valence-electron chi connectivity index (χ3n) is 0.263. The van der Waals surface area contributed by atoms with Crippen LogP contribution in [0.15, 0.2) is 0 Å². The third kappa shape index (κ3) is 4.02. The molecule has 0 aromatic heterocycles. The molecule has 0 heterocycles. The van der Waals surface area contributed by atoms with E-state index >= 15 is 0 Å².